The smallest absolute Gasteiger partial charge is 0.280 e. The summed E-state index contributed by atoms with van der Waals surface area (Å²) in [6.07, 6.45) is -1.78. The SMILES string of the molecule is Oc1cnc(C(F)F)c(CBr)c1Cl. The minimum Gasteiger partial charge on any atom is -0.505 e. The Labute approximate surface area is 86.7 Å². The monoisotopic (exact) mass is 271 g/mol. The van der Waals surface area contributed by atoms with Crippen molar-refractivity contribution in [2.75, 3.05) is 0 Å². The van der Waals surface area contributed by atoms with E-state index in [2.05, 4.69) is 20.9 Å². The molecule has 0 aromatic carbocycles. The molecule has 0 radical (unpaired) electrons. The van der Waals surface area contributed by atoms with Crippen LogP contribution in [0.15, 0.2) is 6.20 Å². The summed E-state index contributed by atoms with van der Waals surface area (Å²) in [6, 6.07) is 0. The van der Waals surface area contributed by atoms with Crippen molar-refractivity contribution in [3.05, 3.63) is 22.5 Å². The Hall–Kier alpha value is -0.420. The molecule has 1 N–H and O–H groups in total. The van der Waals surface area contributed by atoms with Gasteiger partial charge in [-0.05, 0) is 0 Å². The summed E-state index contributed by atoms with van der Waals surface area (Å²) in [5, 5.41) is 9.13. The van der Waals surface area contributed by atoms with E-state index in [0.717, 1.165) is 6.20 Å². The van der Waals surface area contributed by atoms with Crippen LogP contribution in [-0.2, 0) is 5.33 Å². The van der Waals surface area contributed by atoms with Gasteiger partial charge >= 0.3 is 0 Å². The highest BCUT2D eigenvalue weighted by atomic mass is 79.9. The molecule has 0 aliphatic carbocycles. The molecule has 0 bridgehead atoms. The Kier molecular flexibility index (Phi) is 3.44. The third-order valence-corrected chi connectivity index (χ3v) is 2.45. The average molecular weight is 272 g/mol. The molecule has 0 aliphatic heterocycles. The lowest BCUT2D eigenvalue weighted by atomic mass is 10.2. The Bertz CT molecular complexity index is 322. The van der Waals surface area contributed by atoms with Gasteiger partial charge in [0.2, 0.25) is 0 Å². The van der Waals surface area contributed by atoms with E-state index in [1.807, 2.05) is 0 Å². The van der Waals surface area contributed by atoms with Crippen molar-refractivity contribution in [3.63, 3.8) is 0 Å². The zero-order chi connectivity index (χ0) is 10.0. The molecule has 2 nitrogen and oxygen atoms in total. The summed E-state index contributed by atoms with van der Waals surface area (Å²) in [5.74, 6) is -0.291. The number of alkyl halides is 3. The van der Waals surface area contributed by atoms with Gasteiger partial charge < -0.3 is 5.11 Å². The standard InChI is InChI=1S/C7H5BrClF2NO/c8-1-3-5(9)4(13)2-12-6(3)7(10)11/h2,7,13H,1H2. The van der Waals surface area contributed by atoms with E-state index in [1.54, 1.807) is 0 Å². The Morgan fingerprint density at radius 3 is 2.69 bits per heavy atom. The minimum atomic E-state index is -2.69. The lowest BCUT2D eigenvalue weighted by molar-refractivity contribution is 0.145. The van der Waals surface area contributed by atoms with Crippen molar-refractivity contribution in [2.45, 2.75) is 11.8 Å². The molecule has 1 rings (SSSR count). The lowest BCUT2D eigenvalue weighted by Gasteiger charge is -2.07. The molecule has 0 amide bonds. The van der Waals surface area contributed by atoms with Gasteiger partial charge in [0.1, 0.15) is 5.69 Å². The molecule has 0 spiro atoms. The number of halogens is 4. The van der Waals surface area contributed by atoms with E-state index in [9.17, 15) is 8.78 Å². The molecular weight excluding hydrogens is 267 g/mol. The second-order valence-corrected chi connectivity index (χ2v) is 3.19. The van der Waals surface area contributed by atoms with Crippen LogP contribution in [0.2, 0.25) is 5.02 Å². The zero-order valence-electron chi connectivity index (χ0n) is 6.27. The highest BCUT2D eigenvalue weighted by Gasteiger charge is 2.18. The largest absolute Gasteiger partial charge is 0.505 e. The topological polar surface area (TPSA) is 33.1 Å². The first-order valence-electron chi connectivity index (χ1n) is 3.28. The second kappa shape index (κ2) is 4.19. The van der Waals surface area contributed by atoms with Crippen molar-refractivity contribution in [1.82, 2.24) is 4.98 Å². The summed E-state index contributed by atoms with van der Waals surface area (Å²) in [6.45, 7) is 0. The van der Waals surface area contributed by atoms with Crippen molar-refractivity contribution in [1.29, 1.82) is 0 Å². The molecule has 13 heavy (non-hydrogen) atoms. The van der Waals surface area contributed by atoms with Crippen LogP contribution in [0, 0.1) is 0 Å². The predicted molar refractivity (Wildman–Crippen MR) is 48.5 cm³/mol. The fourth-order valence-electron chi connectivity index (χ4n) is 0.847. The van der Waals surface area contributed by atoms with Crippen LogP contribution in [-0.4, -0.2) is 10.1 Å². The van der Waals surface area contributed by atoms with Crippen molar-refractivity contribution in [2.24, 2.45) is 0 Å². The quantitative estimate of drug-likeness (QED) is 0.838. The number of rotatable bonds is 2. The molecule has 0 fully saturated rings. The van der Waals surface area contributed by atoms with Crippen LogP contribution in [0.5, 0.6) is 5.75 Å². The number of aromatic hydroxyl groups is 1. The van der Waals surface area contributed by atoms with Gasteiger partial charge in [-0.2, -0.15) is 0 Å². The summed E-state index contributed by atoms with van der Waals surface area (Å²) < 4.78 is 24.6. The average Bonchev–Trinajstić information content (AvgIpc) is 2.09. The highest BCUT2D eigenvalue weighted by molar-refractivity contribution is 9.08. The van der Waals surface area contributed by atoms with Gasteiger partial charge in [-0.1, -0.05) is 27.5 Å². The Morgan fingerprint density at radius 2 is 2.23 bits per heavy atom. The fraction of sp³-hybridized carbons (Fsp3) is 0.286. The van der Waals surface area contributed by atoms with Gasteiger partial charge in [0.25, 0.3) is 6.43 Å². The number of nitrogens with zero attached hydrogens (tertiary/aromatic N) is 1. The maximum Gasteiger partial charge on any atom is 0.280 e. The van der Waals surface area contributed by atoms with E-state index >= 15 is 0 Å². The third kappa shape index (κ3) is 2.08. The highest BCUT2D eigenvalue weighted by Crippen LogP contribution is 2.33. The van der Waals surface area contributed by atoms with Gasteiger partial charge in [0.15, 0.2) is 5.75 Å². The van der Waals surface area contributed by atoms with Crippen LogP contribution in [0.4, 0.5) is 8.78 Å². The van der Waals surface area contributed by atoms with E-state index in [-0.39, 0.29) is 21.7 Å². The van der Waals surface area contributed by atoms with E-state index in [4.69, 9.17) is 16.7 Å². The van der Waals surface area contributed by atoms with Crippen LogP contribution >= 0.6 is 27.5 Å². The first-order chi connectivity index (χ1) is 6.07. The van der Waals surface area contributed by atoms with Gasteiger partial charge in [0.05, 0.1) is 11.2 Å². The maximum absolute atomic E-state index is 12.3. The number of pyridine rings is 1. The molecule has 72 valence electrons. The number of hydrogen-bond donors (Lipinski definition) is 1. The summed E-state index contributed by atoms with van der Waals surface area (Å²) in [7, 11) is 0. The second-order valence-electron chi connectivity index (χ2n) is 2.26. The predicted octanol–water partition coefficient (Wildman–Crippen LogP) is 3.27. The van der Waals surface area contributed by atoms with Crippen molar-refractivity contribution < 1.29 is 13.9 Å². The zero-order valence-corrected chi connectivity index (χ0v) is 8.61. The molecule has 0 aliphatic rings. The molecule has 0 unspecified atom stereocenters. The third-order valence-electron chi connectivity index (χ3n) is 1.47. The van der Waals surface area contributed by atoms with E-state index < -0.39 is 12.1 Å². The molecule has 0 saturated heterocycles. The molecular formula is C7H5BrClF2NO. The molecule has 6 heteroatoms. The summed E-state index contributed by atoms with van der Waals surface area (Å²) in [5.41, 5.74) is -0.281. The lowest BCUT2D eigenvalue weighted by Crippen LogP contribution is -1.97. The van der Waals surface area contributed by atoms with E-state index in [1.165, 1.54) is 0 Å². The summed E-state index contributed by atoms with van der Waals surface area (Å²) in [4.78, 5) is 3.39. The molecule has 1 heterocycles. The van der Waals surface area contributed by atoms with Gasteiger partial charge in [-0.25, -0.2) is 8.78 Å². The number of aromatic nitrogens is 1. The first kappa shape index (κ1) is 10.7. The van der Waals surface area contributed by atoms with Gasteiger partial charge in [0, 0.05) is 10.9 Å². The number of hydrogen-bond acceptors (Lipinski definition) is 2. The molecule has 0 saturated carbocycles. The maximum atomic E-state index is 12.3. The first-order valence-corrected chi connectivity index (χ1v) is 4.78. The summed E-state index contributed by atoms with van der Waals surface area (Å²) >= 11 is 8.58. The van der Waals surface area contributed by atoms with Gasteiger partial charge in [-0.3, -0.25) is 4.98 Å². The normalized spacial score (nSPS) is 10.8. The van der Waals surface area contributed by atoms with Crippen LogP contribution < -0.4 is 0 Å². The van der Waals surface area contributed by atoms with Crippen molar-refractivity contribution >= 4 is 27.5 Å². The van der Waals surface area contributed by atoms with Crippen molar-refractivity contribution in [3.8, 4) is 5.75 Å². The minimum absolute atomic E-state index is 0.0813. The Morgan fingerprint density at radius 1 is 1.62 bits per heavy atom. The molecule has 1 aromatic rings. The van der Waals surface area contributed by atoms with Crippen LogP contribution in [0.1, 0.15) is 17.7 Å². The molecule has 0 atom stereocenters. The molecule has 1 aromatic heterocycles. The Balaban J connectivity index is 3.30. The van der Waals surface area contributed by atoms with Crippen LogP contribution in [0.25, 0.3) is 0 Å². The van der Waals surface area contributed by atoms with Gasteiger partial charge in [-0.15, -0.1) is 0 Å². The van der Waals surface area contributed by atoms with Crippen LogP contribution in [0.3, 0.4) is 0 Å². The fourth-order valence-corrected chi connectivity index (χ4v) is 1.79. The van der Waals surface area contributed by atoms with E-state index in [0.29, 0.717) is 0 Å².